The lowest BCUT2D eigenvalue weighted by molar-refractivity contribution is -0.130. The third-order valence-electron chi connectivity index (χ3n) is 3.42. The molecule has 2 heterocycles. The number of thiophene rings is 1. The molecule has 1 aromatic rings. The Labute approximate surface area is 128 Å². The van der Waals surface area contributed by atoms with E-state index in [1.807, 2.05) is 16.8 Å². The lowest BCUT2D eigenvalue weighted by Crippen LogP contribution is -2.52. The van der Waals surface area contributed by atoms with Crippen molar-refractivity contribution in [1.29, 1.82) is 0 Å². The molecule has 0 aromatic carbocycles. The van der Waals surface area contributed by atoms with Gasteiger partial charge in [-0.3, -0.25) is 4.79 Å². The predicted octanol–water partition coefficient (Wildman–Crippen LogP) is 1.31. The van der Waals surface area contributed by atoms with E-state index in [4.69, 9.17) is 4.74 Å². The number of hydrogen-bond donors (Lipinski definition) is 1. The van der Waals surface area contributed by atoms with E-state index in [0.717, 1.165) is 5.56 Å². The lowest BCUT2D eigenvalue weighted by Gasteiger charge is -2.33. The number of carbonyl (C=O) groups is 2. The van der Waals surface area contributed by atoms with Gasteiger partial charge in [-0.1, -0.05) is 0 Å². The Morgan fingerprint density at radius 1 is 1.52 bits per heavy atom. The van der Waals surface area contributed by atoms with Crippen molar-refractivity contribution in [3.8, 4) is 0 Å². The fourth-order valence-corrected chi connectivity index (χ4v) is 2.92. The van der Waals surface area contributed by atoms with Crippen LogP contribution in [0.25, 0.3) is 0 Å². The van der Waals surface area contributed by atoms with E-state index >= 15 is 0 Å². The van der Waals surface area contributed by atoms with E-state index < -0.39 is 6.04 Å². The average Bonchev–Trinajstić information content (AvgIpc) is 3.00. The molecule has 3 amide bonds. The molecule has 1 aliphatic heterocycles. The van der Waals surface area contributed by atoms with Crippen LogP contribution in [0.2, 0.25) is 0 Å². The molecule has 6 nitrogen and oxygen atoms in total. The second kappa shape index (κ2) is 6.91. The van der Waals surface area contributed by atoms with Crippen molar-refractivity contribution in [2.45, 2.75) is 19.1 Å². The minimum atomic E-state index is -0.532. The van der Waals surface area contributed by atoms with Gasteiger partial charge in [0.15, 0.2) is 0 Å². The molecule has 116 valence electrons. The quantitative estimate of drug-likeness (QED) is 0.915. The van der Waals surface area contributed by atoms with Gasteiger partial charge in [0.2, 0.25) is 5.91 Å². The van der Waals surface area contributed by atoms with Gasteiger partial charge < -0.3 is 19.9 Å². The molecule has 0 bridgehead atoms. The Morgan fingerprint density at radius 3 is 2.90 bits per heavy atom. The van der Waals surface area contributed by atoms with Crippen LogP contribution < -0.4 is 5.32 Å². The Kier molecular flexibility index (Phi) is 5.19. The molecule has 1 N–H and O–H groups in total. The molecule has 1 saturated heterocycles. The van der Waals surface area contributed by atoms with E-state index in [-0.39, 0.29) is 18.0 Å². The molecule has 2 rings (SSSR count). The summed E-state index contributed by atoms with van der Waals surface area (Å²) in [5.74, 6) is -0.119. The maximum atomic E-state index is 12.2. The van der Waals surface area contributed by atoms with E-state index in [0.29, 0.717) is 19.7 Å². The highest BCUT2D eigenvalue weighted by atomic mass is 32.1. The van der Waals surface area contributed by atoms with Gasteiger partial charge in [-0.05, 0) is 29.3 Å². The Bertz CT molecular complexity index is 490. The molecule has 1 aliphatic rings. The molecular weight excluding hydrogens is 290 g/mol. The molecule has 0 spiro atoms. The van der Waals surface area contributed by atoms with Crippen molar-refractivity contribution in [3.63, 3.8) is 0 Å². The lowest BCUT2D eigenvalue weighted by atomic mass is 10.1. The Balaban J connectivity index is 1.92. The largest absolute Gasteiger partial charge is 0.370 e. The minimum absolute atomic E-state index is 0.0874. The standard InChI is InChI=1S/C14H21N3O3S/c1-10(13(18)16(2)3)15-14(19)17-5-6-20-12(8-17)11-4-7-21-9-11/h4,7,9-10,12H,5-6,8H2,1-3H3,(H,15,19)/t10-,12?/m0/s1. The maximum absolute atomic E-state index is 12.2. The minimum Gasteiger partial charge on any atom is -0.370 e. The van der Waals surface area contributed by atoms with Crippen LogP contribution in [0.15, 0.2) is 16.8 Å². The fourth-order valence-electron chi connectivity index (χ4n) is 2.22. The number of urea groups is 1. The average molecular weight is 311 g/mol. The molecule has 0 radical (unpaired) electrons. The number of morpholine rings is 1. The summed E-state index contributed by atoms with van der Waals surface area (Å²) in [6, 6.07) is 1.26. The molecular formula is C14H21N3O3S. The van der Waals surface area contributed by atoms with E-state index in [2.05, 4.69) is 5.32 Å². The zero-order valence-electron chi connectivity index (χ0n) is 12.5. The van der Waals surface area contributed by atoms with Crippen LogP contribution in [0.1, 0.15) is 18.6 Å². The van der Waals surface area contributed by atoms with Crippen LogP contribution in [0.4, 0.5) is 4.79 Å². The summed E-state index contributed by atoms with van der Waals surface area (Å²) in [7, 11) is 3.35. The van der Waals surface area contributed by atoms with Gasteiger partial charge in [0.05, 0.1) is 13.2 Å². The van der Waals surface area contributed by atoms with Gasteiger partial charge in [-0.2, -0.15) is 11.3 Å². The van der Waals surface area contributed by atoms with Gasteiger partial charge >= 0.3 is 6.03 Å². The Morgan fingerprint density at radius 2 is 2.29 bits per heavy atom. The number of hydrogen-bond acceptors (Lipinski definition) is 4. The first-order valence-electron chi connectivity index (χ1n) is 6.89. The monoisotopic (exact) mass is 311 g/mol. The zero-order valence-corrected chi connectivity index (χ0v) is 13.4. The van der Waals surface area contributed by atoms with E-state index in [1.54, 1.807) is 37.3 Å². The molecule has 1 fully saturated rings. The smallest absolute Gasteiger partial charge is 0.318 e. The SMILES string of the molecule is C[C@H](NC(=O)N1CCOC(c2ccsc2)C1)C(=O)N(C)C. The first-order chi connectivity index (χ1) is 9.99. The van der Waals surface area contributed by atoms with Crippen LogP contribution >= 0.6 is 11.3 Å². The Hall–Kier alpha value is -1.60. The molecule has 0 saturated carbocycles. The first-order valence-corrected chi connectivity index (χ1v) is 7.83. The van der Waals surface area contributed by atoms with Gasteiger partial charge in [0.1, 0.15) is 12.1 Å². The molecule has 1 unspecified atom stereocenters. The van der Waals surface area contributed by atoms with Crippen LogP contribution in [0.3, 0.4) is 0 Å². The van der Waals surface area contributed by atoms with Crippen molar-refractivity contribution < 1.29 is 14.3 Å². The summed E-state index contributed by atoms with van der Waals surface area (Å²) < 4.78 is 5.70. The van der Waals surface area contributed by atoms with Gasteiger partial charge in [0, 0.05) is 20.6 Å². The van der Waals surface area contributed by atoms with Crippen molar-refractivity contribution in [2.24, 2.45) is 0 Å². The van der Waals surface area contributed by atoms with E-state index in [1.165, 1.54) is 4.90 Å². The van der Waals surface area contributed by atoms with Gasteiger partial charge in [-0.25, -0.2) is 4.79 Å². The number of ether oxygens (including phenoxy) is 1. The summed E-state index contributed by atoms with van der Waals surface area (Å²) in [6.45, 7) is 3.24. The number of rotatable bonds is 3. The van der Waals surface area contributed by atoms with Crippen LogP contribution in [-0.2, 0) is 9.53 Å². The summed E-state index contributed by atoms with van der Waals surface area (Å²) >= 11 is 1.61. The van der Waals surface area contributed by atoms with E-state index in [9.17, 15) is 9.59 Å². The second-order valence-electron chi connectivity index (χ2n) is 5.27. The predicted molar refractivity (Wildman–Crippen MR) is 81.3 cm³/mol. The number of carbonyl (C=O) groups excluding carboxylic acids is 2. The van der Waals surface area contributed by atoms with Crippen LogP contribution in [0.5, 0.6) is 0 Å². The van der Waals surface area contributed by atoms with Gasteiger partial charge in [0.25, 0.3) is 0 Å². The fraction of sp³-hybridized carbons (Fsp3) is 0.571. The van der Waals surface area contributed by atoms with Crippen LogP contribution in [-0.4, -0.2) is 61.6 Å². The molecule has 7 heteroatoms. The van der Waals surface area contributed by atoms with Gasteiger partial charge in [-0.15, -0.1) is 0 Å². The summed E-state index contributed by atoms with van der Waals surface area (Å²) in [4.78, 5) is 27.2. The van der Waals surface area contributed by atoms with Crippen molar-refractivity contribution in [2.75, 3.05) is 33.8 Å². The zero-order chi connectivity index (χ0) is 15.4. The maximum Gasteiger partial charge on any atom is 0.318 e. The second-order valence-corrected chi connectivity index (χ2v) is 6.05. The molecule has 21 heavy (non-hydrogen) atoms. The molecule has 2 atom stereocenters. The topological polar surface area (TPSA) is 61.9 Å². The third-order valence-corrected chi connectivity index (χ3v) is 4.12. The summed E-state index contributed by atoms with van der Waals surface area (Å²) in [5, 5.41) is 6.77. The summed E-state index contributed by atoms with van der Waals surface area (Å²) in [6.07, 6.45) is -0.0874. The van der Waals surface area contributed by atoms with Crippen molar-refractivity contribution in [3.05, 3.63) is 22.4 Å². The van der Waals surface area contributed by atoms with Crippen molar-refractivity contribution >= 4 is 23.3 Å². The molecule has 0 aliphatic carbocycles. The number of nitrogens with one attached hydrogen (secondary N) is 1. The third kappa shape index (κ3) is 3.95. The van der Waals surface area contributed by atoms with Crippen LogP contribution in [0, 0.1) is 0 Å². The number of nitrogens with zero attached hydrogens (tertiary/aromatic N) is 2. The number of likely N-dealkylation sites (N-methyl/N-ethyl adjacent to an activating group) is 1. The van der Waals surface area contributed by atoms with Crippen molar-refractivity contribution in [1.82, 2.24) is 15.1 Å². The highest BCUT2D eigenvalue weighted by Gasteiger charge is 2.27. The highest BCUT2D eigenvalue weighted by Crippen LogP contribution is 2.24. The first kappa shape index (κ1) is 15.8. The summed E-state index contributed by atoms with van der Waals surface area (Å²) in [5.41, 5.74) is 1.09. The number of amides is 3. The highest BCUT2D eigenvalue weighted by molar-refractivity contribution is 7.07. The molecule has 1 aromatic heterocycles. The normalized spacial score (nSPS) is 20.0.